The van der Waals surface area contributed by atoms with Crippen LogP contribution in [0.5, 0.6) is 0 Å². The number of nitrogens with zero attached hydrogens (tertiary/aromatic N) is 2. The first-order valence-corrected chi connectivity index (χ1v) is 5.14. The van der Waals surface area contributed by atoms with Gasteiger partial charge in [-0.15, -0.1) is 0 Å². The van der Waals surface area contributed by atoms with Crippen molar-refractivity contribution in [3.8, 4) is 0 Å². The summed E-state index contributed by atoms with van der Waals surface area (Å²) in [6, 6.07) is 0. The molecule has 0 atom stereocenters. The summed E-state index contributed by atoms with van der Waals surface area (Å²) in [6.45, 7) is 9.03. The van der Waals surface area contributed by atoms with Gasteiger partial charge in [0, 0.05) is 12.1 Å². The van der Waals surface area contributed by atoms with Crippen LogP contribution in [-0.2, 0) is 12.1 Å². The van der Waals surface area contributed by atoms with Crippen LogP contribution in [-0.4, -0.2) is 16.8 Å². The third-order valence-electron chi connectivity index (χ3n) is 2.11. The number of aryl methyl sites for hydroxylation is 1. The Balaban J connectivity index is 3.17. The molecule has 1 aromatic rings. The molecule has 1 rings (SSSR count). The third kappa shape index (κ3) is 2.10. The van der Waals surface area contributed by atoms with Crippen molar-refractivity contribution in [1.82, 2.24) is 15.1 Å². The Kier molecular flexibility index (Phi) is 3.22. The Hall–Kier alpha value is -0.540. The summed E-state index contributed by atoms with van der Waals surface area (Å²) in [5.74, 6) is 0. The molecule has 80 valence electrons. The molecule has 1 N–H and O–H groups in total. The van der Waals surface area contributed by atoms with E-state index in [-0.39, 0.29) is 5.54 Å². The molecule has 0 amide bonds. The maximum Gasteiger partial charge on any atom is 0.132 e. The summed E-state index contributed by atoms with van der Waals surface area (Å²) in [7, 11) is 1.91. The highest BCUT2D eigenvalue weighted by atomic mass is 35.5. The van der Waals surface area contributed by atoms with Gasteiger partial charge in [0.1, 0.15) is 5.15 Å². The molecule has 4 heteroatoms. The highest BCUT2D eigenvalue weighted by Crippen LogP contribution is 2.25. The topological polar surface area (TPSA) is 29.9 Å². The lowest BCUT2D eigenvalue weighted by Gasteiger charge is -2.20. The monoisotopic (exact) mass is 215 g/mol. The molecule has 1 heterocycles. The highest BCUT2D eigenvalue weighted by Gasteiger charge is 2.21. The molecule has 0 aliphatic rings. The molecule has 0 unspecified atom stereocenters. The van der Waals surface area contributed by atoms with Gasteiger partial charge in [-0.2, -0.15) is 5.10 Å². The molecule has 0 spiro atoms. The van der Waals surface area contributed by atoms with Gasteiger partial charge in [0.2, 0.25) is 0 Å². The molecular formula is C10H18ClN3. The second-order valence-electron chi connectivity index (χ2n) is 4.47. The van der Waals surface area contributed by atoms with Crippen molar-refractivity contribution in [3.05, 3.63) is 16.4 Å². The van der Waals surface area contributed by atoms with Crippen LogP contribution >= 0.6 is 11.6 Å². The van der Waals surface area contributed by atoms with Crippen molar-refractivity contribution in [2.24, 2.45) is 0 Å². The van der Waals surface area contributed by atoms with Gasteiger partial charge in [-0.25, -0.2) is 4.68 Å². The highest BCUT2D eigenvalue weighted by molar-refractivity contribution is 6.30. The zero-order valence-corrected chi connectivity index (χ0v) is 10.2. The number of hydrogen-bond acceptors (Lipinski definition) is 2. The van der Waals surface area contributed by atoms with Gasteiger partial charge in [-0.1, -0.05) is 11.6 Å². The zero-order chi connectivity index (χ0) is 10.9. The lowest BCUT2D eigenvalue weighted by Crippen LogP contribution is -2.23. The van der Waals surface area contributed by atoms with E-state index in [2.05, 4.69) is 31.2 Å². The zero-order valence-electron chi connectivity index (χ0n) is 9.48. The van der Waals surface area contributed by atoms with E-state index in [1.54, 1.807) is 0 Å². The van der Waals surface area contributed by atoms with Crippen LogP contribution in [0, 0.1) is 6.92 Å². The first kappa shape index (κ1) is 11.5. The Labute approximate surface area is 90.4 Å². The molecule has 3 nitrogen and oxygen atoms in total. The molecule has 0 saturated carbocycles. The van der Waals surface area contributed by atoms with Crippen molar-refractivity contribution < 1.29 is 0 Å². The summed E-state index contributed by atoms with van der Waals surface area (Å²) in [5.41, 5.74) is 2.02. The summed E-state index contributed by atoms with van der Waals surface area (Å²) in [6.07, 6.45) is 0. The number of nitrogens with one attached hydrogen (secondary N) is 1. The van der Waals surface area contributed by atoms with E-state index < -0.39 is 0 Å². The van der Waals surface area contributed by atoms with Gasteiger partial charge in [0.05, 0.1) is 11.2 Å². The Morgan fingerprint density at radius 3 is 2.36 bits per heavy atom. The largest absolute Gasteiger partial charge is 0.316 e. The lowest BCUT2D eigenvalue weighted by atomic mass is 10.1. The van der Waals surface area contributed by atoms with Crippen LogP contribution in [0.25, 0.3) is 0 Å². The average Bonchev–Trinajstić information content (AvgIpc) is 2.31. The van der Waals surface area contributed by atoms with Crippen LogP contribution < -0.4 is 5.32 Å². The van der Waals surface area contributed by atoms with Crippen molar-refractivity contribution in [3.63, 3.8) is 0 Å². The molecule has 0 aliphatic heterocycles. The molecule has 0 radical (unpaired) electrons. The number of rotatable bonds is 2. The van der Waals surface area contributed by atoms with E-state index in [9.17, 15) is 0 Å². The van der Waals surface area contributed by atoms with E-state index in [0.717, 1.165) is 23.0 Å². The number of aromatic nitrogens is 2. The van der Waals surface area contributed by atoms with E-state index in [1.807, 2.05) is 18.7 Å². The Bertz CT molecular complexity index is 323. The van der Waals surface area contributed by atoms with E-state index in [0.29, 0.717) is 0 Å². The van der Waals surface area contributed by atoms with Gasteiger partial charge in [-0.3, -0.25) is 0 Å². The second kappa shape index (κ2) is 3.91. The quantitative estimate of drug-likeness (QED) is 0.821. The molecule has 0 saturated heterocycles. The van der Waals surface area contributed by atoms with Gasteiger partial charge < -0.3 is 5.32 Å². The van der Waals surface area contributed by atoms with Crippen LogP contribution in [0.3, 0.4) is 0 Å². The average molecular weight is 216 g/mol. The Morgan fingerprint density at radius 1 is 1.43 bits per heavy atom. The standard InChI is InChI=1S/C10H18ClN3/c1-7-8(6-12-5)9(11)14(13-7)10(2,3)4/h12H,6H2,1-5H3. The minimum atomic E-state index is -0.0617. The van der Waals surface area contributed by atoms with Crippen LogP contribution in [0.2, 0.25) is 5.15 Å². The summed E-state index contributed by atoms with van der Waals surface area (Å²) < 4.78 is 1.87. The molecule has 0 fully saturated rings. The Morgan fingerprint density at radius 2 is 2.00 bits per heavy atom. The smallest absolute Gasteiger partial charge is 0.132 e. The maximum atomic E-state index is 6.25. The van der Waals surface area contributed by atoms with Gasteiger partial charge >= 0.3 is 0 Å². The SMILES string of the molecule is CNCc1c(C)nn(C(C)(C)C)c1Cl. The van der Waals surface area contributed by atoms with E-state index in [1.165, 1.54) is 0 Å². The first-order chi connectivity index (χ1) is 6.38. The predicted molar refractivity (Wildman–Crippen MR) is 59.7 cm³/mol. The predicted octanol–water partition coefficient (Wildman–Crippen LogP) is 2.32. The fourth-order valence-corrected chi connectivity index (χ4v) is 1.85. The van der Waals surface area contributed by atoms with Crippen molar-refractivity contribution >= 4 is 11.6 Å². The van der Waals surface area contributed by atoms with Gasteiger partial charge in [0.25, 0.3) is 0 Å². The van der Waals surface area contributed by atoms with Crippen LogP contribution in [0.15, 0.2) is 0 Å². The minimum absolute atomic E-state index is 0.0617. The summed E-state index contributed by atoms with van der Waals surface area (Å²) in [4.78, 5) is 0. The fourth-order valence-electron chi connectivity index (χ4n) is 1.35. The molecular weight excluding hydrogens is 198 g/mol. The second-order valence-corrected chi connectivity index (χ2v) is 4.83. The summed E-state index contributed by atoms with van der Waals surface area (Å²) >= 11 is 6.25. The van der Waals surface area contributed by atoms with Crippen LogP contribution in [0.4, 0.5) is 0 Å². The van der Waals surface area contributed by atoms with Crippen molar-refractivity contribution in [1.29, 1.82) is 0 Å². The van der Waals surface area contributed by atoms with E-state index in [4.69, 9.17) is 11.6 Å². The molecule has 14 heavy (non-hydrogen) atoms. The van der Waals surface area contributed by atoms with Gasteiger partial charge in [0.15, 0.2) is 0 Å². The molecule has 0 aromatic carbocycles. The molecule has 0 aliphatic carbocycles. The maximum absolute atomic E-state index is 6.25. The number of hydrogen-bond donors (Lipinski definition) is 1. The van der Waals surface area contributed by atoms with Crippen molar-refractivity contribution in [2.75, 3.05) is 7.05 Å². The third-order valence-corrected chi connectivity index (χ3v) is 2.50. The van der Waals surface area contributed by atoms with Gasteiger partial charge in [-0.05, 0) is 34.7 Å². The lowest BCUT2D eigenvalue weighted by molar-refractivity contribution is 0.354. The van der Waals surface area contributed by atoms with Crippen LogP contribution in [0.1, 0.15) is 32.0 Å². The molecule has 0 bridgehead atoms. The summed E-state index contributed by atoms with van der Waals surface area (Å²) in [5, 5.41) is 8.28. The fraction of sp³-hybridized carbons (Fsp3) is 0.700. The minimum Gasteiger partial charge on any atom is -0.316 e. The normalized spacial score (nSPS) is 12.1. The number of halogens is 1. The molecule has 1 aromatic heterocycles. The first-order valence-electron chi connectivity index (χ1n) is 4.77. The van der Waals surface area contributed by atoms with E-state index >= 15 is 0 Å². The van der Waals surface area contributed by atoms with Crippen molar-refractivity contribution in [2.45, 2.75) is 39.8 Å².